The number of nitrogens with zero attached hydrogens (tertiary/aromatic N) is 1. The van der Waals surface area contributed by atoms with E-state index in [9.17, 15) is 24.3 Å². The van der Waals surface area contributed by atoms with E-state index in [0.717, 1.165) is 0 Å². The van der Waals surface area contributed by atoms with Crippen LogP contribution in [0, 0.1) is 5.41 Å². The molecule has 3 atom stereocenters. The van der Waals surface area contributed by atoms with Crippen molar-refractivity contribution in [1.29, 1.82) is 0 Å². The Balaban J connectivity index is 2.24. The summed E-state index contributed by atoms with van der Waals surface area (Å²) in [6.07, 6.45) is 0.272. The molecule has 2 heterocycles. The number of carbonyl (C=O) groups excluding carboxylic acids is 3. The van der Waals surface area contributed by atoms with Gasteiger partial charge in [0.15, 0.2) is 0 Å². The van der Waals surface area contributed by atoms with Gasteiger partial charge in [-0.15, -0.1) is 0 Å². The zero-order valence-electron chi connectivity index (χ0n) is 29.1. The van der Waals surface area contributed by atoms with Crippen molar-refractivity contribution in [3.05, 3.63) is 0 Å². The lowest BCUT2D eigenvalue weighted by Gasteiger charge is -2.35. The van der Waals surface area contributed by atoms with Crippen molar-refractivity contribution >= 4 is 31.2 Å². The van der Waals surface area contributed by atoms with Crippen molar-refractivity contribution in [3.8, 4) is 0 Å². The molecule has 0 aromatic heterocycles. The van der Waals surface area contributed by atoms with E-state index in [1.807, 2.05) is 27.7 Å². The number of rotatable bonds is 9. The molecule has 0 saturated carbocycles. The van der Waals surface area contributed by atoms with Crippen LogP contribution in [0.25, 0.3) is 0 Å². The van der Waals surface area contributed by atoms with Gasteiger partial charge in [-0.1, -0.05) is 33.6 Å². The lowest BCUT2D eigenvalue weighted by atomic mass is 9.80. The molecule has 0 aromatic rings. The van der Waals surface area contributed by atoms with Crippen LogP contribution in [-0.2, 0) is 28.4 Å². The third kappa shape index (κ3) is 9.73. The van der Waals surface area contributed by atoms with Gasteiger partial charge in [-0.2, -0.15) is 0 Å². The van der Waals surface area contributed by atoms with E-state index in [-0.39, 0.29) is 19.4 Å². The summed E-state index contributed by atoms with van der Waals surface area (Å²) in [5.74, 6) is -1.67. The summed E-state index contributed by atoms with van der Waals surface area (Å²) < 4.78 is 23.1. The zero-order valence-corrected chi connectivity index (χ0v) is 29.1. The van der Waals surface area contributed by atoms with Crippen LogP contribution in [0.5, 0.6) is 0 Å². The Bertz CT molecular complexity index is 1060. The standard InChI is InChI=1S/C31H56BN3O9/c1-26(2,3)21(34-24(39)41-27(4,5)6)22(36)33-20-18-31(23(37)38,35(19-20)25(40)42-28(7,8)9)16-14-15-17-32-43-29(10,11)30(12,13)44-32/h20-21H,14-19H2,1-13H3,(H,33,36)(H,34,39)(H,37,38)/t20-,21-,31-/m1/s1. The maximum absolute atomic E-state index is 13.6. The lowest BCUT2D eigenvalue weighted by Crippen LogP contribution is -2.56. The monoisotopic (exact) mass is 625 g/mol. The molecule has 0 spiro atoms. The second kappa shape index (κ2) is 13.1. The summed E-state index contributed by atoms with van der Waals surface area (Å²) in [6, 6.07) is -1.67. The number of ether oxygens (including phenoxy) is 2. The molecule has 0 aliphatic carbocycles. The quantitative estimate of drug-likeness (QED) is 0.234. The van der Waals surface area contributed by atoms with E-state index in [4.69, 9.17) is 18.8 Å². The van der Waals surface area contributed by atoms with Crippen molar-refractivity contribution in [2.45, 2.75) is 162 Å². The van der Waals surface area contributed by atoms with Gasteiger partial charge >= 0.3 is 25.3 Å². The maximum atomic E-state index is 13.6. The highest BCUT2D eigenvalue weighted by atomic mass is 16.7. The maximum Gasteiger partial charge on any atom is 0.457 e. The third-order valence-electron chi connectivity index (χ3n) is 8.23. The summed E-state index contributed by atoms with van der Waals surface area (Å²) in [5.41, 5.74) is -4.84. The van der Waals surface area contributed by atoms with Crippen LogP contribution < -0.4 is 10.6 Å². The van der Waals surface area contributed by atoms with Gasteiger partial charge in [0.1, 0.15) is 22.8 Å². The summed E-state index contributed by atoms with van der Waals surface area (Å²) in [7, 11) is -0.412. The van der Waals surface area contributed by atoms with Crippen molar-refractivity contribution in [2.75, 3.05) is 6.54 Å². The number of hydrogen-bond acceptors (Lipinski definition) is 8. The first-order valence-electron chi connectivity index (χ1n) is 15.6. The molecule has 13 heteroatoms. The fourth-order valence-corrected chi connectivity index (χ4v) is 5.38. The Labute approximate surface area is 263 Å². The predicted octanol–water partition coefficient (Wildman–Crippen LogP) is 5.14. The van der Waals surface area contributed by atoms with Crippen LogP contribution in [0.2, 0.25) is 6.32 Å². The molecule has 12 nitrogen and oxygen atoms in total. The summed E-state index contributed by atoms with van der Waals surface area (Å²) in [5, 5.41) is 16.1. The fraction of sp³-hybridized carbons (Fsp3) is 0.871. The number of amides is 3. The molecule has 2 aliphatic heterocycles. The highest BCUT2D eigenvalue weighted by Crippen LogP contribution is 2.40. The Kier molecular flexibility index (Phi) is 11.2. The average Bonchev–Trinajstić information content (AvgIpc) is 3.25. The van der Waals surface area contributed by atoms with Crippen molar-refractivity contribution in [1.82, 2.24) is 15.5 Å². The second-order valence-corrected chi connectivity index (χ2v) is 16.2. The van der Waals surface area contributed by atoms with E-state index in [1.54, 1.807) is 62.3 Å². The molecule has 3 N–H and O–H groups in total. The largest absolute Gasteiger partial charge is 0.479 e. The SMILES string of the molecule is CC(C)(C)OC(=O)N[C@H](C(=O)N[C@H]1CN(C(=O)OC(C)(C)C)[C@@](CCCCB2OC(C)(C)C(C)(C)O2)(C(=O)O)C1)C(C)(C)C. The van der Waals surface area contributed by atoms with Crippen molar-refractivity contribution in [2.24, 2.45) is 5.41 Å². The molecule has 2 rings (SSSR count). The fourth-order valence-electron chi connectivity index (χ4n) is 5.38. The first-order valence-corrected chi connectivity index (χ1v) is 15.6. The number of hydrogen-bond donors (Lipinski definition) is 3. The molecule has 0 radical (unpaired) electrons. The molecule has 2 aliphatic rings. The number of carbonyl (C=O) groups is 4. The van der Waals surface area contributed by atoms with Gasteiger partial charge in [-0.3, -0.25) is 9.69 Å². The third-order valence-corrected chi connectivity index (χ3v) is 8.23. The number of nitrogens with one attached hydrogen (secondary N) is 2. The van der Waals surface area contributed by atoms with Gasteiger partial charge in [-0.25, -0.2) is 14.4 Å². The Morgan fingerprint density at radius 1 is 0.909 bits per heavy atom. The lowest BCUT2D eigenvalue weighted by molar-refractivity contribution is -0.150. The summed E-state index contributed by atoms with van der Waals surface area (Å²) >= 11 is 0. The number of carboxylic acids is 1. The molecule has 0 bridgehead atoms. The molecule has 2 saturated heterocycles. The minimum absolute atomic E-state index is 0.0207. The number of alkyl carbamates (subject to hydrolysis) is 1. The van der Waals surface area contributed by atoms with Gasteiger partial charge in [0, 0.05) is 19.0 Å². The molecule has 44 heavy (non-hydrogen) atoms. The van der Waals surface area contributed by atoms with Gasteiger partial charge in [0.25, 0.3) is 0 Å². The molecular weight excluding hydrogens is 569 g/mol. The molecule has 252 valence electrons. The molecule has 0 aromatic carbocycles. The van der Waals surface area contributed by atoms with Crippen molar-refractivity contribution in [3.63, 3.8) is 0 Å². The average molecular weight is 626 g/mol. The Hall–Kier alpha value is -2.54. The topological polar surface area (TPSA) is 153 Å². The van der Waals surface area contributed by atoms with Crippen LogP contribution in [-0.4, -0.2) is 87.8 Å². The smallest absolute Gasteiger partial charge is 0.457 e. The van der Waals surface area contributed by atoms with E-state index in [2.05, 4.69) is 10.6 Å². The van der Waals surface area contributed by atoms with Crippen LogP contribution >= 0.6 is 0 Å². The highest BCUT2D eigenvalue weighted by molar-refractivity contribution is 6.45. The number of carboxylic acid groups (broad SMARTS) is 1. The normalized spacial score (nSPS) is 24.1. The van der Waals surface area contributed by atoms with E-state index in [0.29, 0.717) is 19.2 Å². The van der Waals surface area contributed by atoms with E-state index in [1.165, 1.54) is 4.90 Å². The number of likely N-dealkylation sites (tertiary alicyclic amines) is 1. The van der Waals surface area contributed by atoms with Gasteiger partial charge < -0.3 is 34.5 Å². The summed E-state index contributed by atoms with van der Waals surface area (Å²) in [6.45, 7) is 23.6. The molecular formula is C31H56BN3O9. The van der Waals surface area contributed by atoms with Crippen LogP contribution in [0.15, 0.2) is 0 Å². The number of unbranched alkanes of at least 4 members (excludes halogenated alkanes) is 1. The van der Waals surface area contributed by atoms with Gasteiger partial charge in [0.2, 0.25) is 5.91 Å². The van der Waals surface area contributed by atoms with Crippen molar-refractivity contribution < 1.29 is 43.1 Å². The molecule has 3 amide bonds. The van der Waals surface area contributed by atoms with Crippen LogP contribution in [0.3, 0.4) is 0 Å². The minimum Gasteiger partial charge on any atom is -0.479 e. The highest BCUT2D eigenvalue weighted by Gasteiger charge is 2.55. The first kappa shape index (κ1) is 37.7. The molecule has 0 unspecified atom stereocenters. The first-order chi connectivity index (χ1) is 19.7. The minimum atomic E-state index is -1.61. The Morgan fingerprint density at radius 2 is 1.43 bits per heavy atom. The van der Waals surface area contributed by atoms with Crippen LogP contribution in [0.1, 0.15) is 116 Å². The van der Waals surface area contributed by atoms with E-state index < -0.39 is 76.6 Å². The summed E-state index contributed by atoms with van der Waals surface area (Å²) in [4.78, 5) is 53.7. The Morgan fingerprint density at radius 3 is 1.89 bits per heavy atom. The zero-order chi connectivity index (χ0) is 34.1. The molecule has 2 fully saturated rings. The van der Waals surface area contributed by atoms with Gasteiger partial charge in [-0.05, 0) is 87.4 Å². The number of aliphatic carboxylic acids is 1. The van der Waals surface area contributed by atoms with Crippen LogP contribution in [0.4, 0.5) is 9.59 Å². The predicted molar refractivity (Wildman–Crippen MR) is 167 cm³/mol. The second-order valence-electron chi connectivity index (χ2n) is 16.2. The van der Waals surface area contributed by atoms with Gasteiger partial charge in [0.05, 0.1) is 11.2 Å². The van der Waals surface area contributed by atoms with E-state index >= 15 is 0 Å².